The predicted octanol–water partition coefficient (Wildman–Crippen LogP) is 3.35. The molecule has 2 aromatic carbocycles. The Morgan fingerprint density at radius 3 is 2.68 bits per heavy atom. The molecule has 0 unspecified atom stereocenters. The molecule has 0 aromatic heterocycles. The summed E-state index contributed by atoms with van der Waals surface area (Å²) in [4.78, 5) is 11.7. The van der Waals surface area contributed by atoms with Gasteiger partial charge in [-0.05, 0) is 31.2 Å². The number of para-hydroxylation sites is 1. The van der Waals surface area contributed by atoms with Gasteiger partial charge in [0.2, 0.25) is 0 Å². The highest BCUT2D eigenvalue weighted by Gasteiger charge is 2.08. The minimum atomic E-state index is -2.93. The first kappa shape index (κ1) is 18.3. The Bertz CT molecular complexity index is 766. The minimum absolute atomic E-state index is 0.0173. The second-order valence-electron chi connectivity index (χ2n) is 4.86. The molecule has 0 fully saturated rings. The molecule has 2 rings (SSSR count). The van der Waals surface area contributed by atoms with E-state index in [-0.39, 0.29) is 11.5 Å². The normalized spacial score (nSPS) is 11.3. The van der Waals surface area contributed by atoms with Gasteiger partial charge in [0.1, 0.15) is 5.75 Å². The average Bonchev–Trinajstić information content (AvgIpc) is 2.58. The minimum Gasteiger partial charge on any atom is -0.481 e. The first-order valence-electron chi connectivity index (χ1n) is 7.21. The molecular formula is C17H15F3N2O3. The van der Waals surface area contributed by atoms with Crippen LogP contribution in [0.5, 0.6) is 11.5 Å². The van der Waals surface area contributed by atoms with Crippen molar-refractivity contribution in [3.8, 4) is 11.5 Å². The molecule has 132 valence electrons. The quantitative estimate of drug-likeness (QED) is 0.614. The van der Waals surface area contributed by atoms with Crippen LogP contribution in [-0.2, 0) is 4.79 Å². The zero-order valence-electron chi connectivity index (χ0n) is 13.2. The molecule has 0 saturated heterocycles. The van der Waals surface area contributed by atoms with E-state index in [0.717, 1.165) is 0 Å². The predicted molar refractivity (Wildman–Crippen MR) is 85.3 cm³/mol. The van der Waals surface area contributed by atoms with Crippen molar-refractivity contribution in [1.29, 1.82) is 0 Å². The van der Waals surface area contributed by atoms with E-state index < -0.39 is 24.9 Å². The molecule has 0 aliphatic rings. The number of ether oxygens (including phenoxy) is 2. The number of alkyl halides is 2. The molecule has 0 saturated carbocycles. The molecule has 0 atom stereocenters. The Morgan fingerprint density at radius 1 is 1.20 bits per heavy atom. The van der Waals surface area contributed by atoms with Gasteiger partial charge in [-0.1, -0.05) is 24.3 Å². The third-order valence-corrected chi connectivity index (χ3v) is 3.02. The first-order valence-corrected chi connectivity index (χ1v) is 7.21. The van der Waals surface area contributed by atoms with Crippen LogP contribution in [0.25, 0.3) is 0 Å². The summed E-state index contributed by atoms with van der Waals surface area (Å²) < 4.78 is 47.1. The monoisotopic (exact) mass is 352 g/mol. The number of hydrogen-bond donors (Lipinski definition) is 1. The van der Waals surface area contributed by atoms with Crippen molar-refractivity contribution in [3.05, 3.63) is 59.9 Å². The maximum absolute atomic E-state index is 13.4. The lowest BCUT2D eigenvalue weighted by molar-refractivity contribution is -0.123. The molecule has 0 heterocycles. The SMILES string of the molecule is C/C(=N/NC(=O)COc1ccccc1F)c1cccc(OC(F)F)c1. The Balaban J connectivity index is 1.92. The van der Waals surface area contributed by atoms with Gasteiger partial charge in [-0.2, -0.15) is 13.9 Å². The van der Waals surface area contributed by atoms with Gasteiger partial charge >= 0.3 is 6.61 Å². The Kier molecular flexibility index (Phi) is 6.39. The Hall–Kier alpha value is -3.03. The van der Waals surface area contributed by atoms with Gasteiger partial charge in [0, 0.05) is 5.56 Å². The molecule has 8 heteroatoms. The summed E-state index contributed by atoms with van der Waals surface area (Å²) in [5.41, 5.74) is 3.11. The number of nitrogens with zero attached hydrogens (tertiary/aromatic N) is 1. The van der Waals surface area contributed by atoms with Crippen molar-refractivity contribution < 1.29 is 27.4 Å². The van der Waals surface area contributed by atoms with Crippen LogP contribution in [0.3, 0.4) is 0 Å². The fourth-order valence-electron chi connectivity index (χ4n) is 1.85. The molecule has 0 aliphatic carbocycles. The molecule has 1 N–H and O–H groups in total. The van der Waals surface area contributed by atoms with Crippen LogP contribution in [0, 0.1) is 5.82 Å². The van der Waals surface area contributed by atoms with E-state index in [1.54, 1.807) is 19.1 Å². The number of hydrogen-bond acceptors (Lipinski definition) is 4. The van der Waals surface area contributed by atoms with Crippen LogP contribution in [0.1, 0.15) is 12.5 Å². The Morgan fingerprint density at radius 2 is 1.96 bits per heavy atom. The van der Waals surface area contributed by atoms with Crippen molar-refractivity contribution in [1.82, 2.24) is 5.43 Å². The van der Waals surface area contributed by atoms with Crippen molar-refractivity contribution in [2.75, 3.05) is 6.61 Å². The second-order valence-corrected chi connectivity index (χ2v) is 4.86. The summed E-state index contributed by atoms with van der Waals surface area (Å²) in [7, 11) is 0. The van der Waals surface area contributed by atoms with E-state index in [1.807, 2.05) is 0 Å². The zero-order valence-corrected chi connectivity index (χ0v) is 13.2. The van der Waals surface area contributed by atoms with Crippen molar-refractivity contribution >= 4 is 11.6 Å². The van der Waals surface area contributed by atoms with Gasteiger partial charge in [0.05, 0.1) is 5.71 Å². The van der Waals surface area contributed by atoms with Gasteiger partial charge in [-0.15, -0.1) is 0 Å². The lowest BCUT2D eigenvalue weighted by atomic mass is 10.1. The van der Waals surface area contributed by atoms with E-state index in [4.69, 9.17) is 4.74 Å². The first-order chi connectivity index (χ1) is 12.0. The van der Waals surface area contributed by atoms with Crippen molar-refractivity contribution in [2.45, 2.75) is 13.5 Å². The number of carbonyl (C=O) groups excluding carboxylic acids is 1. The van der Waals surface area contributed by atoms with E-state index in [0.29, 0.717) is 11.3 Å². The standard InChI is InChI=1S/C17H15F3N2O3/c1-11(12-5-4-6-13(9-12)25-17(19)20)21-22-16(23)10-24-15-8-3-2-7-14(15)18/h2-9,17H,10H2,1H3,(H,22,23)/b21-11-. The summed E-state index contributed by atoms with van der Waals surface area (Å²) in [6.45, 7) is -1.77. The summed E-state index contributed by atoms with van der Waals surface area (Å²) in [6.07, 6.45) is 0. The summed E-state index contributed by atoms with van der Waals surface area (Å²) in [5.74, 6) is -1.24. The van der Waals surface area contributed by atoms with Crippen LogP contribution in [0.2, 0.25) is 0 Å². The van der Waals surface area contributed by atoms with Crippen LogP contribution in [0.4, 0.5) is 13.2 Å². The number of nitrogens with one attached hydrogen (secondary N) is 1. The van der Waals surface area contributed by atoms with Gasteiger partial charge in [0.15, 0.2) is 18.2 Å². The van der Waals surface area contributed by atoms with E-state index in [9.17, 15) is 18.0 Å². The summed E-state index contributed by atoms with van der Waals surface area (Å²) >= 11 is 0. The van der Waals surface area contributed by atoms with E-state index in [1.165, 1.54) is 36.4 Å². The highest BCUT2D eigenvalue weighted by molar-refractivity contribution is 5.99. The lowest BCUT2D eigenvalue weighted by Crippen LogP contribution is -2.25. The topological polar surface area (TPSA) is 59.9 Å². The number of rotatable bonds is 7. The molecule has 5 nitrogen and oxygen atoms in total. The smallest absolute Gasteiger partial charge is 0.387 e. The van der Waals surface area contributed by atoms with Gasteiger partial charge < -0.3 is 9.47 Å². The fraction of sp³-hybridized carbons (Fsp3) is 0.176. The molecule has 0 spiro atoms. The van der Waals surface area contributed by atoms with Crippen LogP contribution >= 0.6 is 0 Å². The largest absolute Gasteiger partial charge is 0.481 e. The van der Waals surface area contributed by atoms with Crippen LogP contribution in [-0.4, -0.2) is 24.8 Å². The average molecular weight is 352 g/mol. The Labute approximate surface area is 142 Å². The van der Waals surface area contributed by atoms with Gasteiger partial charge in [-0.25, -0.2) is 9.82 Å². The van der Waals surface area contributed by atoms with E-state index in [2.05, 4.69) is 15.3 Å². The number of amides is 1. The summed E-state index contributed by atoms with van der Waals surface area (Å²) in [5, 5.41) is 3.85. The molecule has 0 radical (unpaired) electrons. The second kappa shape index (κ2) is 8.72. The van der Waals surface area contributed by atoms with Gasteiger partial charge in [-0.3, -0.25) is 4.79 Å². The number of carbonyl (C=O) groups is 1. The van der Waals surface area contributed by atoms with Gasteiger partial charge in [0.25, 0.3) is 5.91 Å². The lowest BCUT2D eigenvalue weighted by Gasteiger charge is -2.08. The molecule has 0 bridgehead atoms. The molecular weight excluding hydrogens is 337 g/mol. The van der Waals surface area contributed by atoms with Crippen molar-refractivity contribution in [3.63, 3.8) is 0 Å². The number of halogens is 3. The number of hydrazone groups is 1. The maximum Gasteiger partial charge on any atom is 0.387 e. The van der Waals surface area contributed by atoms with Crippen molar-refractivity contribution in [2.24, 2.45) is 5.10 Å². The highest BCUT2D eigenvalue weighted by atomic mass is 19.3. The summed E-state index contributed by atoms with van der Waals surface area (Å²) in [6, 6.07) is 11.6. The number of benzene rings is 2. The maximum atomic E-state index is 13.4. The molecule has 25 heavy (non-hydrogen) atoms. The fourth-order valence-corrected chi connectivity index (χ4v) is 1.85. The van der Waals surface area contributed by atoms with Crippen LogP contribution in [0.15, 0.2) is 53.6 Å². The van der Waals surface area contributed by atoms with E-state index >= 15 is 0 Å². The molecule has 1 amide bonds. The zero-order chi connectivity index (χ0) is 18.2. The van der Waals surface area contributed by atoms with Crippen LogP contribution < -0.4 is 14.9 Å². The third-order valence-electron chi connectivity index (χ3n) is 3.02. The third kappa shape index (κ3) is 5.83. The molecule has 2 aromatic rings. The molecule has 0 aliphatic heterocycles. The highest BCUT2D eigenvalue weighted by Crippen LogP contribution is 2.17.